The molecule has 0 heterocycles. The zero-order valence-electron chi connectivity index (χ0n) is 9.52. The van der Waals surface area contributed by atoms with E-state index in [1.54, 1.807) is 7.11 Å². The average Bonchev–Trinajstić information content (AvgIpc) is 2.72. The van der Waals surface area contributed by atoms with E-state index in [0.717, 1.165) is 11.7 Å². The molecule has 2 atom stereocenters. The summed E-state index contributed by atoms with van der Waals surface area (Å²) in [7, 11) is 1.65. The molecule has 1 rings (SSSR count). The van der Waals surface area contributed by atoms with Gasteiger partial charge in [0.15, 0.2) is 0 Å². The summed E-state index contributed by atoms with van der Waals surface area (Å²) in [6.07, 6.45) is 5.45. The van der Waals surface area contributed by atoms with Gasteiger partial charge in [-0.3, -0.25) is 0 Å². The largest absolute Gasteiger partial charge is 0.395 e. The van der Waals surface area contributed by atoms with Crippen LogP contribution in [0.25, 0.3) is 0 Å². The predicted octanol–water partition coefficient (Wildman–Crippen LogP) is 1.24. The molecule has 0 amide bonds. The summed E-state index contributed by atoms with van der Waals surface area (Å²) in [6, 6.07) is -0.0496. The molecule has 1 aliphatic rings. The van der Waals surface area contributed by atoms with Crippen molar-refractivity contribution >= 4 is 11.8 Å². The van der Waals surface area contributed by atoms with E-state index in [2.05, 4.69) is 0 Å². The first-order chi connectivity index (χ1) is 7.27. The van der Waals surface area contributed by atoms with Gasteiger partial charge >= 0.3 is 0 Å². The number of aliphatic hydroxyl groups excluding tert-OH is 1. The molecule has 90 valence electrons. The number of thioether (sulfide) groups is 1. The van der Waals surface area contributed by atoms with Crippen molar-refractivity contribution in [2.45, 2.75) is 37.0 Å². The Kier molecular flexibility index (Phi) is 6.64. The molecule has 3 N–H and O–H groups in total. The summed E-state index contributed by atoms with van der Waals surface area (Å²) in [6.45, 7) is 0.685. The Bertz CT molecular complexity index is 163. The quantitative estimate of drug-likeness (QED) is 0.695. The van der Waals surface area contributed by atoms with Crippen molar-refractivity contribution < 1.29 is 9.84 Å². The normalized spacial score (nSPS) is 21.8. The number of hydrogen-bond donors (Lipinski definition) is 2. The van der Waals surface area contributed by atoms with Gasteiger partial charge in [0.1, 0.15) is 0 Å². The van der Waals surface area contributed by atoms with Crippen LogP contribution >= 0.6 is 11.8 Å². The van der Waals surface area contributed by atoms with E-state index in [1.165, 1.54) is 25.7 Å². The zero-order valence-corrected chi connectivity index (χ0v) is 10.3. The van der Waals surface area contributed by atoms with E-state index in [0.29, 0.717) is 6.61 Å². The fourth-order valence-electron chi connectivity index (χ4n) is 2.05. The van der Waals surface area contributed by atoms with Crippen molar-refractivity contribution in [1.29, 1.82) is 0 Å². The standard InChI is InChI=1S/C11H23NO2S/c1-14-7-10(12)11(6-13)15-8-9-4-2-3-5-9/h9-11,13H,2-8,12H2,1H3. The van der Waals surface area contributed by atoms with Crippen LogP contribution in [0.1, 0.15) is 25.7 Å². The Morgan fingerprint density at radius 3 is 2.67 bits per heavy atom. The van der Waals surface area contributed by atoms with Gasteiger partial charge in [-0.05, 0) is 24.5 Å². The summed E-state index contributed by atoms with van der Waals surface area (Å²) in [5.74, 6) is 1.99. The molecular weight excluding hydrogens is 210 g/mol. The van der Waals surface area contributed by atoms with Gasteiger partial charge in [-0.2, -0.15) is 11.8 Å². The molecule has 4 heteroatoms. The van der Waals surface area contributed by atoms with E-state index >= 15 is 0 Å². The SMILES string of the molecule is COCC(N)C(CO)SCC1CCCC1. The third kappa shape index (κ3) is 4.72. The van der Waals surface area contributed by atoms with Gasteiger partial charge in [0.2, 0.25) is 0 Å². The van der Waals surface area contributed by atoms with E-state index in [1.807, 2.05) is 11.8 Å². The van der Waals surface area contributed by atoms with Crippen LogP contribution in [0.2, 0.25) is 0 Å². The van der Waals surface area contributed by atoms with Crippen LogP contribution in [-0.4, -0.2) is 42.5 Å². The average molecular weight is 233 g/mol. The van der Waals surface area contributed by atoms with E-state index in [-0.39, 0.29) is 17.9 Å². The molecule has 2 unspecified atom stereocenters. The fraction of sp³-hybridized carbons (Fsp3) is 1.00. The van der Waals surface area contributed by atoms with E-state index in [9.17, 15) is 5.11 Å². The number of methoxy groups -OCH3 is 1. The van der Waals surface area contributed by atoms with Gasteiger partial charge < -0.3 is 15.6 Å². The Morgan fingerprint density at radius 2 is 2.13 bits per heavy atom. The van der Waals surface area contributed by atoms with Crippen LogP contribution in [-0.2, 0) is 4.74 Å². The molecule has 1 aliphatic carbocycles. The van der Waals surface area contributed by atoms with Crippen LogP contribution in [0.4, 0.5) is 0 Å². The third-order valence-corrected chi connectivity index (χ3v) is 4.63. The molecule has 1 saturated carbocycles. The highest BCUT2D eigenvalue weighted by atomic mass is 32.2. The van der Waals surface area contributed by atoms with Crippen molar-refractivity contribution in [1.82, 2.24) is 0 Å². The van der Waals surface area contributed by atoms with Crippen LogP contribution in [0.5, 0.6) is 0 Å². The minimum atomic E-state index is -0.0496. The molecule has 0 spiro atoms. The minimum absolute atomic E-state index is 0.0496. The number of nitrogens with two attached hydrogens (primary N) is 1. The second kappa shape index (κ2) is 7.49. The van der Waals surface area contributed by atoms with Crippen LogP contribution in [0, 0.1) is 5.92 Å². The second-order valence-electron chi connectivity index (χ2n) is 4.32. The van der Waals surface area contributed by atoms with Crippen molar-refractivity contribution in [2.24, 2.45) is 11.7 Å². The summed E-state index contributed by atoms with van der Waals surface area (Å²) in [4.78, 5) is 0. The first kappa shape index (κ1) is 13.3. The monoisotopic (exact) mass is 233 g/mol. The highest BCUT2D eigenvalue weighted by Gasteiger charge is 2.21. The lowest BCUT2D eigenvalue weighted by Gasteiger charge is -2.22. The Hall–Kier alpha value is 0.230. The summed E-state index contributed by atoms with van der Waals surface area (Å²) in [5, 5.41) is 9.37. The number of aliphatic hydroxyl groups is 1. The van der Waals surface area contributed by atoms with Gasteiger partial charge in [0.25, 0.3) is 0 Å². The van der Waals surface area contributed by atoms with E-state index in [4.69, 9.17) is 10.5 Å². The third-order valence-electron chi connectivity index (χ3n) is 3.04. The van der Waals surface area contributed by atoms with Gasteiger partial charge in [-0.1, -0.05) is 12.8 Å². The first-order valence-corrected chi connectivity index (χ1v) is 6.79. The maximum atomic E-state index is 9.24. The predicted molar refractivity (Wildman–Crippen MR) is 65.1 cm³/mol. The lowest BCUT2D eigenvalue weighted by atomic mass is 10.1. The molecule has 0 saturated heterocycles. The van der Waals surface area contributed by atoms with Crippen LogP contribution in [0.3, 0.4) is 0 Å². The smallest absolute Gasteiger partial charge is 0.0625 e. The van der Waals surface area contributed by atoms with Gasteiger partial charge in [-0.25, -0.2) is 0 Å². The molecule has 0 radical (unpaired) electrons. The second-order valence-corrected chi connectivity index (χ2v) is 5.60. The number of rotatable bonds is 7. The summed E-state index contributed by atoms with van der Waals surface area (Å²) >= 11 is 1.81. The fourth-order valence-corrected chi connectivity index (χ4v) is 3.33. The first-order valence-electron chi connectivity index (χ1n) is 5.75. The molecule has 0 aromatic rings. The highest BCUT2D eigenvalue weighted by Crippen LogP contribution is 2.29. The molecule has 15 heavy (non-hydrogen) atoms. The molecule has 0 aromatic carbocycles. The lowest BCUT2D eigenvalue weighted by molar-refractivity contribution is 0.167. The maximum Gasteiger partial charge on any atom is 0.0625 e. The minimum Gasteiger partial charge on any atom is -0.395 e. The maximum absolute atomic E-state index is 9.24. The zero-order chi connectivity index (χ0) is 11.1. The molecule has 0 aliphatic heterocycles. The van der Waals surface area contributed by atoms with Crippen molar-refractivity contribution in [3.8, 4) is 0 Å². The summed E-state index contributed by atoms with van der Waals surface area (Å²) < 4.78 is 5.01. The lowest BCUT2D eigenvalue weighted by Crippen LogP contribution is -2.39. The Labute approximate surface area is 96.8 Å². The van der Waals surface area contributed by atoms with Crippen molar-refractivity contribution in [3.63, 3.8) is 0 Å². The molecular formula is C11H23NO2S. The molecule has 0 bridgehead atoms. The van der Waals surface area contributed by atoms with Gasteiger partial charge in [0.05, 0.1) is 13.2 Å². The highest BCUT2D eigenvalue weighted by molar-refractivity contribution is 8.00. The Balaban J connectivity index is 2.19. The van der Waals surface area contributed by atoms with Crippen LogP contribution < -0.4 is 5.73 Å². The van der Waals surface area contributed by atoms with Crippen molar-refractivity contribution in [3.05, 3.63) is 0 Å². The summed E-state index contributed by atoms with van der Waals surface area (Å²) in [5.41, 5.74) is 5.92. The van der Waals surface area contributed by atoms with Gasteiger partial charge in [-0.15, -0.1) is 0 Å². The van der Waals surface area contributed by atoms with Crippen LogP contribution in [0.15, 0.2) is 0 Å². The molecule has 0 aromatic heterocycles. The number of ether oxygens (including phenoxy) is 1. The van der Waals surface area contributed by atoms with Gasteiger partial charge in [0, 0.05) is 18.4 Å². The van der Waals surface area contributed by atoms with Crippen molar-refractivity contribution in [2.75, 3.05) is 26.1 Å². The topological polar surface area (TPSA) is 55.5 Å². The number of hydrogen-bond acceptors (Lipinski definition) is 4. The Morgan fingerprint density at radius 1 is 1.47 bits per heavy atom. The molecule has 3 nitrogen and oxygen atoms in total. The van der Waals surface area contributed by atoms with E-state index < -0.39 is 0 Å². The molecule has 1 fully saturated rings.